The first-order valence-corrected chi connectivity index (χ1v) is 11.3. The molecule has 176 valence electrons. The Balaban J connectivity index is 1.55. The minimum Gasteiger partial charge on any atom is -0.501 e. The van der Waals surface area contributed by atoms with Gasteiger partial charge in [0, 0.05) is 12.0 Å². The van der Waals surface area contributed by atoms with E-state index in [0.29, 0.717) is 36.4 Å². The SMILES string of the molecule is O=C(CCC1CCCC1)NC1(C(F)(F)F)C(=O)Nc2nc3c(C4=COCCC4)cccc3n21. The second kappa shape index (κ2) is 8.07. The van der Waals surface area contributed by atoms with Crippen molar-refractivity contribution in [1.82, 2.24) is 14.9 Å². The van der Waals surface area contributed by atoms with Gasteiger partial charge in [-0.2, -0.15) is 13.2 Å². The molecule has 0 bridgehead atoms. The largest absolute Gasteiger partial charge is 0.501 e. The van der Waals surface area contributed by atoms with Crippen molar-refractivity contribution in [1.29, 1.82) is 0 Å². The van der Waals surface area contributed by atoms with E-state index in [-0.39, 0.29) is 17.9 Å². The maximum atomic E-state index is 14.6. The van der Waals surface area contributed by atoms with Crippen molar-refractivity contribution < 1.29 is 27.5 Å². The van der Waals surface area contributed by atoms with Gasteiger partial charge >= 0.3 is 6.18 Å². The zero-order chi connectivity index (χ0) is 23.2. The molecule has 5 rings (SSSR count). The quantitative estimate of drug-likeness (QED) is 0.688. The summed E-state index contributed by atoms with van der Waals surface area (Å²) in [5.74, 6) is -2.07. The molecule has 10 heteroatoms. The van der Waals surface area contributed by atoms with Crippen LogP contribution in [-0.2, 0) is 20.0 Å². The molecule has 1 unspecified atom stereocenters. The standard InChI is InChI=1S/C23H25F3N4O3/c24-23(25,26)22(29-18(31)11-10-14-5-1-2-6-14)20(32)28-21-27-19-16(15-7-4-12-33-13-15)8-3-9-17(19)30(21)22/h3,8-9,13-14H,1-2,4-7,10-12H2,(H,29,31)(H,27,28,32). The van der Waals surface area contributed by atoms with Gasteiger partial charge < -0.3 is 10.1 Å². The lowest BCUT2D eigenvalue weighted by molar-refractivity contribution is -0.217. The summed E-state index contributed by atoms with van der Waals surface area (Å²) < 4.78 is 49.8. The first-order chi connectivity index (χ1) is 15.8. The number of anilines is 1. The van der Waals surface area contributed by atoms with E-state index in [2.05, 4.69) is 10.3 Å². The molecule has 33 heavy (non-hydrogen) atoms. The van der Waals surface area contributed by atoms with Gasteiger partial charge in [0.25, 0.3) is 11.6 Å². The number of amides is 2. The van der Waals surface area contributed by atoms with Gasteiger partial charge in [-0.25, -0.2) is 4.98 Å². The number of alkyl halides is 3. The number of hydrogen-bond acceptors (Lipinski definition) is 4. The predicted octanol–water partition coefficient (Wildman–Crippen LogP) is 4.44. The van der Waals surface area contributed by atoms with Gasteiger partial charge in [-0.1, -0.05) is 37.8 Å². The van der Waals surface area contributed by atoms with Crippen molar-refractivity contribution in [2.45, 2.75) is 63.2 Å². The third kappa shape index (κ3) is 3.55. The third-order valence-corrected chi connectivity index (χ3v) is 6.84. The Bertz CT molecular complexity index is 1130. The number of para-hydroxylation sites is 1. The van der Waals surface area contributed by atoms with E-state index in [1.165, 1.54) is 6.07 Å². The summed E-state index contributed by atoms with van der Waals surface area (Å²) in [6.07, 6.45) is 2.58. The molecule has 0 saturated heterocycles. The summed E-state index contributed by atoms with van der Waals surface area (Å²) in [6, 6.07) is 4.86. The zero-order valence-electron chi connectivity index (χ0n) is 18.0. The van der Waals surface area contributed by atoms with Crippen LogP contribution in [0.2, 0.25) is 0 Å². The number of ether oxygens (including phenoxy) is 1. The van der Waals surface area contributed by atoms with Gasteiger partial charge in [0.15, 0.2) is 0 Å². The minimum absolute atomic E-state index is 0.0623. The van der Waals surface area contributed by atoms with Crippen molar-refractivity contribution in [3.8, 4) is 0 Å². The number of carbonyl (C=O) groups excluding carboxylic acids is 2. The molecule has 3 aliphatic rings. The molecule has 2 N–H and O–H groups in total. The smallest absolute Gasteiger partial charge is 0.440 e. The Hall–Kier alpha value is -3.04. The number of nitrogens with zero attached hydrogens (tertiary/aromatic N) is 2. The molecule has 0 spiro atoms. The highest BCUT2D eigenvalue weighted by molar-refractivity contribution is 6.06. The second-order valence-electron chi connectivity index (χ2n) is 8.96. The number of carbonyl (C=O) groups is 2. The van der Waals surface area contributed by atoms with Crippen LogP contribution in [0.4, 0.5) is 19.1 Å². The van der Waals surface area contributed by atoms with Gasteiger partial charge in [-0.05, 0) is 36.8 Å². The van der Waals surface area contributed by atoms with Crippen molar-refractivity contribution in [3.05, 3.63) is 30.0 Å². The normalized spacial score (nSPS) is 23.2. The van der Waals surface area contributed by atoms with E-state index in [0.717, 1.165) is 42.2 Å². The number of imidazole rings is 1. The van der Waals surface area contributed by atoms with Crippen LogP contribution in [0.3, 0.4) is 0 Å². The van der Waals surface area contributed by atoms with Gasteiger partial charge in [0.05, 0.1) is 23.9 Å². The molecule has 1 fully saturated rings. The van der Waals surface area contributed by atoms with Crippen LogP contribution in [0.25, 0.3) is 16.6 Å². The van der Waals surface area contributed by atoms with E-state index in [4.69, 9.17) is 4.74 Å². The van der Waals surface area contributed by atoms with E-state index in [9.17, 15) is 22.8 Å². The van der Waals surface area contributed by atoms with Crippen LogP contribution in [0, 0.1) is 5.92 Å². The average molecular weight is 462 g/mol. The molecule has 7 nitrogen and oxygen atoms in total. The van der Waals surface area contributed by atoms with Crippen molar-refractivity contribution in [2.24, 2.45) is 5.92 Å². The first kappa shape index (κ1) is 21.8. The van der Waals surface area contributed by atoms with Gasteiger partial charge in [-0.15, -0.1) is 0 Å². The zero-order valence-corrected chi connectivity index (χ0v) is 18.0. The van der Waals surface area contributed by atoms with Gasteiger partial charge in [-0.3, -0.25) is 19.5 Å². The fraction of sp³-hybridized carbons (Fsp3) is 0.522. The van der Waals surface area contributed by atoms with Crippen LogP contribution < -0.4 is 10.6 Å². The van der Waals surface area contributed by atoms with Crippen LogP contribution in [0.15, 0.2) is 24.5 Å². The van der Waals surface area contributed by atoms with Gasteiger partial charge in [0.1, 0.15) is 0 Å². The number of allylic oxidation sites excluding steroid dienone is 1. The lowest BCUT2D eigenvalue weighted by Crippen LogP contribution is -2.63. The average Bonchev–Trinajstić information content (AvgIpc) is 3.49. The fourth-order valence-electron chi connectivity index (χ4n) is 5.18. The highest BCUT2D eigenvalue weighted by Crippen LogP contribution is 2.45. The minimum atomic E-state index is -5.08. The molecule has 0 radical (unpaired) electrons. The first-order valence-electron chi connectivity index (χ1n) is 11.3. The topological polar surface area (TPSA) is 85.2 Å². The molecule has 2 aliphatic heterocycles. The Morgan fingerprint density at radius 2 is 2.06 bits per heavy atom. The molecule has 1 atom stereocenters. The highest BCUT2D eigenvalue weighted by atomic mass is 19.4. The van der Waals surface area contributed by atoms with E-state index < -0.39 is 23.7 Å². The Kier molecular flexibility index (Phi) is 5.33. The summed E-state index contributed by atoms with van der Waals surface area (Å²) in [5.41, 5.74) is -1.35. The van der Waals surface area contributed by atoms with Crippen LogP contribution in [0.1, 0.15) is 56.9 Å². The van der Waals surface area contributed by atoms with Crippen molar-refractivity contribution in [3.63, 3.8) is 0 Å². The van der Waals surface area contributed by atoms with Crippen LogP contribution >= 0.6 is 0 Å². The molecular weight excluding hydrogens is 437 g/mol. The summed E-state index contributed by atoms with van der Waals surface area (Å²) in [7, 11) is 0. The molecule has 1 aliphatic carbocycles. The fourth-order valence-corrected chi connectivity index (χ4v) is 5.18. The number of rotatable bonds is 5. The summed E-state index contributed by atoms with van der Waals surface area (Å²) >= 11 is 0. The lowest BCUT2D eigenvalue weighted by atomic mass is 9.99. The molecule has 1 aromatic heterocycles. The Morgan fingerprint density at radius 3 is 2.76 bits per heavy atom. The van der Waals surface area contributed by atoms with Crippen molar-refractivity contribution >= 4 is 34.4 Å². The molecular formula is C23H25F3N4O3. The number of hydrogen-bond donors (Lipinski definition) is 2. The summed E-state index contributed by atoms with van der Waals surface area (Å²) in [4.78, 5) is 29.8. The van der Waals surface area contributed by atoms with E-state index in [1.807, 2.05) is 5.32 Å². The molecule has 1 aromatic carbocycles. The Morgan fingerprint density at radius 1 is 1.27 bits per heavy atom. The molecule has 2 amide bonds. The van der Waals surface area contributed by atoms with Gasteiger partial charge in [0.2, 0.25) is 11.9 Å². The number of fused-ring (bicyclic) bond motifs is 3. The number of benzene rings is 1. The van der Waals surface area contributed by atoms with E-state index in [1.54, 1.807) is 18.4 Å². The highest BCUT2D eigenvalue weighted by Gasteiger charge is 2.67. The van der Waals surface area contributed by atoms with Crippen molar-refractivity contribution in [2.75, 3.05) is 11.9 Å². The second-order valence-corrected chi connectivity index (χ2v) is 8.96. The van der Waals surface area contributed by atoms with Crippen LogP contribution in [-0.4, -0.2) is 34.1 Å². The van der Waals surface area contributed by atoms with E-state index >= 15 is 0 Å². The Labute approximate surface area is 188 Å². The maximum absolute atomic E-state index is 14.6. The number of aromatic nitrogens is 2. The third-order valence-electron chi connectivity index (χ3n) is 6.84. The summed E-state index contributed by atoms with van der Waals surface area (Å²) in [6.45, 7) is 0.583. The predicted molar refractivity (Wildman–Crippen MR) is 115 cm³/mol. The molecule has 3 heterocycles. The summed E-state index contributed by atoms with van der Waals surface area (Å²) in [5, 5.41) is 4.29. The molecule has 2 aromatic rings. The number of halogens is 3. The number of nitrogens with one attached hydrogen (secondary N) is 2. The van der Waals surface area contributed by atoms with Crippen LogP contribution in [0.5, 0.6) is 0 Å². The maximum Gasteiger partial charge on any atom is 0.440 e. The molecule has 1 saturated carbocycles. The lowest BCUT2D eigenvalue weighted by Gasteiger charge is -2.32. The monoisotopic (exact) mass is 462 g/mol.